The lowest BCUT2D eigenvalue weighted by molar-refractivity contribution is 0.681. The Bertz CT molecular complexity index is 341. The number of nitrogens with zero attached hydrogens (tertiary/aromatic N) is 3. The molecule has 2 N–H and O–H groups in total. The summed E-state index contributed by atoms with van der Waals surface area (Å²) in [4.78, 5) is 2.29. The molecule has 0 atom stereocenters. The van der Waals surface area contributed by atoms with Crippen molar-refractivity contribution in [2.24, 2.45) is 7.05 Å². The summed E-state index contributed by atoms with van der Waals surface area (Å²) in [6.07, 6.45) is 1.12. The minimum absolute atomic E-state index is 0.375. The van der Waals surface area contributed by atoms with Gasteiger partial charge in [-0.25, -0.2) is 0 Å². The van der Waals surface area contributed by atoms with Gasteiger partial charge in [-0.1, -0.05) is 20.8 Å². The summed E-state index contributed by atoms with van der Waals surface area (Å²) in [7, 11) is 1.97. The molecular weight excluding hydrogens is 200 g/mol. The molecule has 0 saturated carbocycles. The van der Waals surface area contributed by atoms with Crippen molar-refractivity contribution in [2.45, 2.75) is 40.0 Å². The third-order valence-corrected chi connectivity index (χ3v) is 2.80. The topological polar surface area (TPSA) is 47.1 Å². The molecule has 1 rings (SSSR count). The van der Waals surface area contributed by atoms with Crippen LogP contribution in [-0.2, 0) is 7.05 Å². The van der Waals surface area contributed by atoms with E-state index in [9.17, 15) is 0 Å². The molecule has 0 aliphatic carbocycles. The van der Waals surface area contributed by atoms with Gasteiger partial charge in [0.15, 0.2) is 0 Å². The lowest BCUT2D eigenvalue weighted by Crippen LogP contribution is -2.26. The number of rotatable bonds is 5. The summed E-state index contributed by atoms with van der Waals surface area (Å²) < 4.78 is 1.91. The van der Waals surface area contributed by atoms with Gasteiger partial charge in [0, 0.05) is 20.1 Å². The van der Waals surface area contributed by atoms with Crippen LogP contribution in [0.25, 0.3) is 0 Å². The Morgan fingerprint density at radius 2 is 2.00 bits per heavy atom. The molecule has 0 bridgehead atoms. The van der Waals surface area contributed by atoms with Crippen molar-refractivity contribution >= 4 is 11.5 Å². The van der Waals surface area contributed by atoms with Crippen molar-refractivity contribution in [1.82, 2.24) is 9.78 Å². The van der Waals surface area contributed by atoms with Crippen LogP contribution < -0.4 is 10.6 Å². The van der Waals surface area contributed by atoms with E-state index in [2.05, 4.69) is 37.7 Å². The minimum atomic E-state index is 0.375. The second-order valence-electron chi connectivity index (χ2n) is 4.48. The fourth-order valence-electron chi connectivity index (χ4n) is 2.04. The Hall–Kier alpha value is -1.19. The predicted molar refractivity (Wildman–Crippen MR) is 69.9 cm³/mol. The molecule has 0 aliphatic heterocycles. The van der Waals surface area contributed by atoms with Crippen LogP contribution in [0.1, 0.15) is 45.7 Å². The van der Waals surface area contributed by atoms with Gasteiger partial charge >= 0.3 is 0 Å². The highest BCUT2D eigenvalue weighted by Crippen LogP contribution is 2.30. The van der Waals surface area contributed by atoms with Crippen LogP contribution in [0.5, 0.6) is 0 Å². The van der Waals surface area contributed by atoms with Crippen LogP contribution in [0.4, 0.5) is 11.5 Å². The minimum Gasteiger partial charge on any atom is -0.394 e. The highest BCUT2D eigenvalue weighted by atomic mass is 15.4. The number of nitrogens with two attached hydrogens (primary N) is 1. The zero-order valence-electron chi connectivity index (χ0n) is 11.1. The molecular formula is C12H24N4. The number of anilines is 2. The smallest absolute Gasteiger partial charge is 0.150 e. The maximum atomic E-state index is 6.19. The van der Waals surface area contributed by atoms with Crippen molar-refractivity contribution in [3.05, 3.63) is 5.69 Å². The van der Waals surface area contributed by atoms with Crippen molar-refractivity contribution in [3.63, 3.8) is 0 Å². The summed E-state index contributed by atoms with van der Waals surface area (Å²) in [6.45, 7) is 10.6. The third kappa shape index (κ3) is 2.31. The first-order valence-electron chi connectivity index (χ1n) is 6.10. The summed E-state index contributed by atoms with van der Waals surface area (Å²) in [5.74, 6) is 1.44. The number of hydrogen-bond acceptors (Lipinski definition) is 3. The van der Waals surface area contributed by atoms with Gasteiger partial charge in [0.1, 0.15) is 5.82 Å². The van der Waals surface area contributed by atoms with Crippen molar-refractivity contribution < 1.29 is 0 Å². The Morgan fingerprint density at radius 3 is 2.38 bits per heavy atom. The molecule has 4 heteroatoms. The highest BCUT2D eigenvalue weighted by Gasteiger charge is 2.19. The molecule has 92 valence electrons. The number of hydrogen-bond donors (Lipinski definition) is 1. The molecule has 0 amide bonds. The molecule has 1 aromatic rings. The van der Waals surface area contributed by atoms with Gasteiger partial charge in [0.2, 0.25) is 0 Å². The maximum Gasteiger partial charge on any atom is 0.150 e. The Kier molecular flexibility index (Phi) is 4.21. The zero-order chi connectivity index (χ0) is 12.3. The van der Waals surface area contributed by atoms with Gasteiger partial charge in [-0.2, -0.15) is 5.10 Å². The van der Waals surface area contributed by atoms with Crippen LogP contribution in [-0.4, -0.2) is 22.9 Å². The molecule has 0 aromatic carbocycles. The van der Waals surface area contributed by atoms with E-state index < -0.39 is 0 Å². The molecule has 0 saturated heterocycles. The summed E-state index contributed by atoms with van der Waals surface area (Å²) in [6, 6.07) is 0. The van der Waals surface area contributed by atoms with E-state index in [1.807, 2.05) is 11.7 Å². The first kappa shape index (κ1) is 12.9. The van der Waals surface area contributed by atoms with Gasteiger partial charge in [-0.3, -0.25) is 4.68 Å². The van der Waals surface area contributed by atoms with Crippen LogP contribution in [0.3, 0.4) is 0 Å². The first-order valence-corrected chi connectivity index (χ1v) is 6.10. The molecule has 0 unspecified atom stereocenters. The number of nitrogen functional groups attached to an aromatic ring is 1. The van der Waals surface area contributed by atoms with Gasteiger partial charge < -0.3 is 10.6 Å². The summed E-state index contributed by atoms with van der Waals surface area (Å²) >= 11 is 0. The van der Waals surface area contributed by atoms with E-state index in [4.69, 9.17) is 5.73 Å². The van der Waals surface area contributed by atoms with Crippen molar-refractivity contribution in [1.29, 1.82) is 0 Å². The van der Waals surface area contributed by atoms with Gasteiger partial charge in [0.05, 0.1) is 11.4 Å². The fourth-order valence-corrected chi connectivity index (χ4v) is 2.04. The van der Waals surface area contributed by atoms with E-state index in [1.165, 1.54) is 0 Å². The van der Waals surface area contributed by atoms with Crippen LogP contribution >= 0.6 is 0 Å². The van der Waals surface area contributed by atoms with E-state index in [-0.39, 0.29) is 0 Å². The van der Waals surface area contributed by atoms with Crippen LogP contribution in [0.2, 0.25) is 0 Å². The summed E-state index contributed by atoms with van der Waals surface area (Å²) in [5, 5.41) is 4.51. The van der Waals surface area contributed by atoms with E-state index >= 15 is 0 Å². The zero-order valence-corrected chi connectivity index (χ0v) is 11.1. The second kappa shape index (κ2) is 5.23. The normalized spacial score (nSPS) is 11.1. The van der Waals surface area contributed by atoms with Gasteiger partial charge in [-0.05, 0) is 19.3 Å². The van der Waals surface area contributed by atoms with Crippen molar-refractivity contribution in [3.8, 4) is 0 Å². The average molecular weight is 224 g/mol. The molecule has 16 heavy (non-hydrogen) atoms. The predicted octanol–water partition coefficient (Wildman–Crippen LogP) is 2.36. The largest absolute Gasteiger partial charge is 0.394 e. The number of aromatic nitrogens is 2. The molecule has 1 heterocycles. The Morgan fingerprint density at radius 1 is 1.38 bits per heavy atom. The number of aryl methyl sites for hydroxylation is 1. The Labute approximate surface area is 98.4 Å². The monoisotopic (exact) mass is 224 g/mol. The highest BCUT2D eigenvalue weighted by molar-refractivity contribution is 5.67. The fraction of sp³-hybridized carbons (Fsp3) is 0.750. The standard InChI is InChI=1S/C12H24N4/c1-6-8-16(7-2)12-10(13)11(9(3)4)14-15(12)5/h9H,6-8,13H2,1-5H3. The maximum absolute atomic E-state index is 6.19. The lowest BCUT2D eigenvalue weighted by Gasteiger charge is -2.22. The SMILES string of the molecule is CCCN(CC)c1c(N)c(C(C)C)nn1C. The van der Waals surface area contributed by atoms with Crippen LogP contribution in [0.15, 0.2) is 0 Å². The quantitative estimate of drug-likeness (QED) is 0.835. The van der Waals surface area contributed by atoms with E-state index in [0.29, 0.717) is 5.92 Å². The molecule has 0 spiro atoms. The molecule has 0 radical (unpaired) electrons. The summed E-state index contributed by atoms with van der Waals surface area (Å²) in [5.41, 5.74) is 8.03. The molecule has 1 aromatic heterocycles. The van der Waals surface area contributed by atoms with E-state index in [1.54, 1.807) is 0 Å². The molecule has 0 aliphatic rings. The first-order chi connectivity index (χ1) is 7.52. The van der Waals surface area contributed by atoms with Crippen molar-refractivity contribution in [2.75, 3.05) is 23.7 Å². The van der Waals surface area contributed by atoms with Crippen LogP contribution in [0, 0.1) is 0 Å². The second-order valence-corrected chi connectivity index (χ2v) is 4.48. The Balaban J connectivity index is 3.11. The molecule has 4 nitrogen and oxygen atoms in total. The van der Waals surface area contributed by atoms with E-state index in [0.717, 1.165) is 36.7 Å². The molecule has 0 fully saturated rings. The lowest BCUT2D eigenvalue weighted by atomic mass is 10.1. The average Bonchev–Trinajstić information content (AvgIpc) is 2.52. The van der Waals surface area contributed by atoms with Gasteiger partial charge in [-0.15, -0.1) is 0 Å². The van der Waals surface area contributed by atoms with Gasteiger partial charge in [0.25, 0.3) is 0 Å². The third-order valence-electron chi connectivity index (χ3n) is 2.80.